The van der Waals surface area contributed by atoms with E-state index in [9.17, 15) is 28.8 Å². The molecule has 47 heavy (non-hydrogen) atoms. The van der Waals surface area contributed by atoms with Gasteiger partial charge in [0.1, 0.15) is 39.6 Å². The van der Waals surface area contributed by atoms with Crippen LogP contribution in [0, 0.1) is 16.7 Å². The van der Waals surface area contributed by atoms with E-state index in [-0.39, 0.29) is 80.7 Å². The highest BCUT2D eigenvalue weighted by Crippen LogP contribution is 2.27. The summed E-state index contributed by atoms with van der Waals surface area (Å²) in [6, 6.07) is 0. The fourth-order valence-corrected chi connectivity index (χ4v) is 3.58. The van der Waals surface area contributed by atoms with Crippen molar-refractivity contribution in [2.24, 2.45) is 16.7 Å². The maximum absolute atomic E-state index is 12.7. The van der Waals surface area contributed by atoms with Crippen molar-refractivity contribution in [3.05, 3.63) is 48.6 Å². The molecule has 0 aliphatic rings. The molecule has 0 N–H and O–H groups in total. The average molecular weight is 665 g/mol. The van der Waals surface area contributed by atoms with Gasteiger partial charge in [0.15, 0.2) is 0 Å². The summed E-state index contributed by atoms with van der Waals surface area (Å²) < 4.78 is 32.2. The summed E-state index contributed by atoms with van der Waals surface area (Å²) in [6.45, 7) is 24.5. The molecule has 1 unspecified atom stereocenters. The largest absolute Gasteiger partial charge is 0.465 e. The molecule has 264 valence electrons. The highest BCUT2D eigenvalue weighted by molar-refractivity contribution is 5.88. The van der Waals surface area contributed by atoms with Crippen molar-refractivity contribution in [2.75, 3.05) is 39.6 Å². The van der Waals surface area contributed by atoms with E-state index < -0.39 is 46.6 Å². The Hall–Kier alpha value is -4.22. The Morgan fingerprint density at radius 3 is 1.06 bits per heavy atom. The summed E-state index contributed by atoms with van der Waals surface area (Å²) in [5.41, 5.74) is -1.23. The molecule has 0 aliphatic carbocycles. The molecule has 0 amide bonds. The quantitative estimate of drug-likeness (QED) is 0.0805. The zero-order chi connectivity index (χ0) is 36.4. The van der Waals surface area contributed by atoms with Crippen molar-refractivity contribution in [2.45, 2.75) is 80.6 Å². The lowest BCUT2D eigenvalue weighted by atomic mass is 9.87. The van der Waals surface area contributed by atoms with E-state index >= 15 is 0 Å². The standard InChI is InChI=1S/C35H52O12/c1-12-34(19-44-30(38)23(3)4,20-45-31(39)24(5)6)17-42-28(36)15-14-27(11)16-29(37)43-18-35(13-2,21-46-32(40)25(7)8)22-47-33(41)26(9)10/h27H,3,5,7,9,12-22H2,1-2,4,6,8,10-11H3. The average Bonchev–Trinajstić information content (AvgIpc) is 3.02. The second-order valence-electron chi connectivity index (χ2n) is 12.3. The van der Waals surface area contributed by atoms with E-state index in [1.807, 2.05) is 0 Å². The van der Waals surface area contributed by atoms with E-state index in [1.165, 1.54) is 27.7 Å². The van der Waals surface area contributed by atoms with Crippen LogP contribution >= 0.6 is 0 Å². The first-order chi connectivity index (χ1) is 21.8. The first kappa shape index (κ1) is 42.8. The molecule has 0 aromatic heterocycles. The molecule has 0 aromatic rings. The van der Waals surface area contributed by atoms with Gasteiger partial charge in [0.05, 0.1) is 10.8 Å². The van der Waals surface area contributed by atoms with Crippen molar-refractivity contribution in [1.82, 2.24) is 0 Å². The highest BCUT2D eigenvalue weighted by atomic mass is 16.6. The Kier molecular flexibility index (Phi) is 18.9. The molecule has 0 spiro atoms. The van der Waals surface area contributed by atoms with Crippen LogP contribution in [-0.4, -0.2) is 75.5 Å². The van der Waals surface area contributed by atoms with Crippen LogP contribution in [0.15, 0.2) is 48.6 Å². The Morgan fingerprint density at radius 2 is 0.787 bits per heavy atom. The van der Waals surface area contributed by atoms with Gasteiger partial charge in [-0.3, -0.25) is 9.59 Å². The molecule has 12 nitrogen and oxygen atoms in total. The molecule has 12 heteroatoms. The van der Waals surface area contributed by atoms with Crippen molar-refractivity contribution >= 4 is 35.8 Å². The van der Waals surface area contributed by atoms with Gasteiger partial charge in [0.2, 0.25) is 0 Å². The van der Waals surface area contributed by atoms with Gasteiger partial charge in [0.25, 0.3) is 0 Å². The number of carbonyl (C=O) groups excluding carboxylic acids is 6. The highest BCUT2D eigenvalue weighted by Gasteiger charge is 2.36. The first-order valence-electron chi connectivity index (χ1n) is 15.4. The van der Waals surface area contributed by atoms with E-state index in [2.05, 4.69) is 26.3 Å². The van der Waals surface area contributed by atoms with Crippen LogP contribution in [0.25, 0.3) is 0 Å². The molecule has 0 heterocycles. The first-order valence-corrected chi connectivity index (χ1v) is 15.4. The topological polar surface area (TPSA) is 158 Å². The van der Waals surface area contributed by atoms with Gasteiger partial charge in [0, 0.05) is 35.1 Å². The van der Waals surface area contributed by atoms with Gasteiger partial charge in [-0.15, -0.1) is 0 Å². The normalized spacial score (nSPS) is 11.7. The minimum Gasteiger partial charge on any atom is -0.465 e. The third-order valence-electron chi connectivity index (χ3n) is 7.37. The number of esters is 6. The lowest BCUT2D eigenvalue weighted by molar-refractivity contribution is -0.162. The lowest BCUT2D eigenvalue weighted by Crippen LogP contribution is -2.39. The maximum atomic E-state index is 12.7. The fraction of sp³-hybridized carbons (Fsp3) is 0.600. The number of carbonyl (C=O) groups is 6. The van der Waals surface area contributed by atoms with Crippen LogP contribution in [0.3, 0.4) is 0 Å². The van der Waals surface area contributed by atoms with Gasteiger partial charge in [-0.1, -0.05) is 47.1 Å². The predicted molar refractivity (Wildman–Crippen MR) is 173 cm³/mol. The summed E-state index contributed by atoms with van der Waals surface area (Å²) in [6.07, 6.45) is 0.975. The number of hydrogen-bond acceptors (Lipinski definition) is 12. The third kappa shape index (κ3) is 16.8. The molecule has 0 fully saturated rings. The molecule has 0 saturated carbocycles. The molecule has 1 atom stereocenters. The molecule has 0 rings (SSSR count). The van der Waals surface area contributed by atoms with E-state index in [0.717, 1.165) is 0 Å². The van der Waals surface area contributed by atoms with Crippen LogP contribution in [0.4, 0.5) is 0 Å². The number of ether oxygens (including phenoxy) is 6. The molecule has 0 aromatic carbocycles. The van der Waals surface area contributed by atoms with Gasteiger partial charge in [-0.2, -0.15) is 0 Å². The van der Waals surface area contributed by atoms with Crippen LogP contribution < -0.4 is 0 Å². The Labute approximate surface area is 278 Å². The van der Waals surface area contributed by atoms with Gasteiger partial charge in [-0.05, 0) is 52.9 Å². The minimum atomic E-state index is -0.998. The zero-order valence-electron chi connectivity index (χ0n) is 29.1. The third-order valence-corrected chi connectivity index (χ3v) is 7.37. The Balaban J connectivity index is 5.23. The van der Waals surface area contributed by atoms with Crippen molar-refractivity contribution in [1.29, 1.82) is 0 Å². The van der Waals surface area contributed by atoms with E-state index in [0.29, 0.717) is 19.3 Å². The van der Waals surface area contributed by atoms with Crippen LogP contribution in [0.2, 0.25) is 0 Å². The summed E-state index contributed by atoms with van der Waals surface area (Å²) in [7, 11) is 0. The molecular weight excluding hydrogens is 612 g/mol. The second kappa shape index (κ2) is 20.8. The molecule has 0 saturated heterocycles. The fourth-order valence-electron chi connectivity index (χ4n) is 3.58. The van der Waals surface area contributed by atoms with E-state index in [1.54, 1.807) is 20.8 Å². The Morgan fingerprint density at radius 1 is 0.511 bits per heavy atom. The molecule has 0 bridgehead atoms. The van der Waals surface area contributed by atoms with Crippen LogP contribution in [-0.2, 0) is 57.2 Å². The van der Waals surface area contributed by atoms with Crippen LogP contribution in [0.1, 0.15) is 80.6 Å². The summed E-state index contributed by atoms with van der Waals surface area (Å²) in [4.78, 5) is 73.4. The van der Waals surface area contributed by atoms with Crippen molar-refractivity contribution in [3.63, 3.8) is 0 Å². The van der Waals surface area contributed by atoms with Gasteiger partial charge in [-0.25, -0.2) is 19.2 Å². The zero-order valence-corrected chi connectivity index (χ0v) is 29.1. The summed E-state index contributed by atoms with van der Waals surface area (Å²) in [5.74, 6) is -3.88. The van der Waals surface area contributed by atoms with Crippen molar-refractivity contribution < 1.29 is 57.2 Å². The van der Waals surface area contributed by atoms with E-state index in [4.69, 9.17) is 28.4 Å². The smallest absolute Gasteiger partial charge is 0.333 e. The number of rotatable bonds is 23. The van der Waals surface area contributed by atoms with Gasteiger partial charge < -0.3 is 28.4 Å². The Bertz CT molecular complexity index is 1130. The summed E-state index contributed by atoms with van der Waals surface area (Å²) >= 11 is 0. The minimum absolute atomic E-state index is 0.0159. The summed E-state index contributed by atoms with van der Waals surface area (Å²) in [5, 5.41) is 0. The molecule has 0 radical (unpaired) electrons. The lowest BCUT2D eigenvalue weighted by Gasteiger charge is -2.31. The number of hydrogen-bond donors (Lipinski definition) is 0. The SMILES string of the molecule is C=C(C)C(=O)OCC(CC)(COC(=O)CCC(C)CC(=O)OCC(CC)(COC(=O)C(=C)C)COC(=O)C(=C)C)COC(=O)C(=C)C. The maximum Gasteiger partial charge on any atom is 0.333 e. The van der Waals surface area contributed by atoms with Crippen LogP contribution in [0.5, 0.6) is 0 Å². The predicted octanol–water partition coefficient (Wildman–Crippen LogP) is 5.15. The monoisotopic (exact) mass is 664 g/mol. The molecular formula is C35H52O12. The van der Waals surface area contributed by atoms with Crippen molar-refractivity contribution in [3.8, 4) is 0 Å². The van der Waals surface area contributed by atoms with Gasteiger partial charge >= 0.3 is 35.8 Å². The molecule has 0 aliphatic heterocycles. The second-order valence-corrected chi connectivity index (χ2v) is 12.3.